The first-order valence-electron chi connectivity index (χ1n) is 11.1. The van der Waals surface area contributed by atoms with Gasteiger partial charge in [0.15, 0.2) is 11.5 Å². The molecule has 2 atom stereocenters. The zero-order valence-electron chi connectivity index (χ0n) is 18.4. The highest BCUT2D eigenvalue weighted by Gasteiger charge is 2.68. The van der Waals surface area contributed by atoms with Crippen molar-refractivity contribution < 1.29 is 13.9 Å². The van der Waals surface area contributed by atoms with Crippen LogP contribution in [0, 0.1) is 5.95 Å². The summed E-state index contributed by atoms with van der Waals surface area (Å²) in [6, 6.07) is 10.3. The fourth-order valence-electron chi connectivity index (χ4n) is 4.63. The number of epoxide rings is 1. The lowest BCUT2D eigenvalue weighted by atomic mass is 10.0. The molecule has 0 radical (unpaired) electrons. The molecule has 2 saturated heterocycles. The van der Waals surface area contributed by atoms with Gasteiger partial charge in [-0.25, -0.2) is 15.0 Å². The van der Waals surface area contributed by atoms with Crippen molar-refractivity contribution in [1.29, 1.82) is 0 Å². The SMILES string of the molecule is CCCn1c(Cn2ccnc2-c2cccc(F)n2)nc2cc(C(=O)N3CC4O[C@@]43C)ccc21. The second-order valence-corrected chi connectivity index (χ2v) is 8.68. The molecule has 0 N–H and O–H groups in total. The molecular formula is C24H23FN6O2. The van der Waals surface area contributed by atoms with E-state index in [1.54, 1.807) is 23.2 Å². The number of fused-ring (bicyclic) bond motifs is 2. The van der Waals surface area contributed by atoms with Gasteiger partial charge in [0.05, 0.1) is 24.1 Å². The normalized spacial score (nSPS) is 21.2. The van der Waals surface area contributed by atoms with E-state index in [0.29, 0.717) is 30.2 Å². The van der Waals surface area contributed by atoms with Gasteiger partial charge < -0.3 is 18.8 Å². The highest BCUT2D eigenvalue weighted by molar-refractivity contribution is 5.98. The summed E-state index contributed by atoms with van der Waals surface area (Å²) in [4.78, 5) is 28.0. The summed E-state index contributed by atoms with van der Waals surface area (Å²) in [5.41, 5.74) is 2.40. The Bertz CT molecular complexity index is 1390. The lowest BCUT2D eigenvalue weighted by Gasteiger charge is -2.33. The van der Waals surface area contributed by atoms with Crippen molar-refractivity contribution >= 4 is 16.9 Å². The number of ether oxygens (including phenoxy) is 1. The Balaban J connectivity index is 1.35. The smallest absolute Gasteiger partial charge is 0.256 e. The largest absolute Gasteiger partial charge is 0.343 e. The molecule has 0 bridgehead atoms. The van der Waals surface area contributed by atoms with Crippen LogP contribution in [0.25, 0.3) is 22.6 Å². The number of carbonyl (C=O) groups is 1. The van der Waals surface area contributed by atoms with Crippen LogP contribution in [0.5, 0.6) is 0 Å². The molecule has 9 heteroatoms. The second kappa shape index (κ2) is 7.21. The highest BCUT2D eigenvalue weighted by Crippen LogP contribution is 2.49. The molecule has 0 spiro atoms. The fourth-order valence-corrected chi connectivity index (χ4v) is 4.63. The number of hydrogen-bond donors (Lipinski definition) is 0. The molecule has 2 aliphatic heterocycles. The third kappa shape index (κ3) is 3.14. The number of halogens is 1. The number of pyridine rings is 1. The summed E-state index contributed by atoms with van der Waals surface area (Å²) in [6.07, 6.45) is 4.62. The topological polar surface area (TPSA) is 81.4 Å². The molecule has 1 amide bonds. The van der Waals surface area contributed by atoms with Crippen LogP contribution < -0.4 is 0 Å². The maximum absolute atomic E-state index is 13.7. The van der Waals surface area contributed by atoms with E-state index in [1.165, 1.54) is 6.07 Å². The molecule has 5 heterocycles. The van der Waals surface area contributed by atoms with E-state index in [2.05, 4.69) is 21.5 Å². The number of amides is 1. The predicted octanol–water partition coefficient (Wildman–Crippen LogP) is 3.46. The van der Waals surface area contributed by atoms with Gasteiger partial charge in [0.1, 0.15) is 17.6 Å². The van der Waals surface area contributed by atoms with Gasteiger partial charge in [0.2, 0.25) is 5.95 Å². The molecular weight excluding hydrogens is 423 g/mol. The van der Waals surface area contributed by atoms with Crippen LogP contribution in [0.1, 0.15) is 36.5 Å². The van der Waals surface area contributed by atoms with Crippen LogP contribution in [0.3, 0.4) is 0 Å². The summed E-state index contributed by atoms with van der Waals surface area (Å²) in [5, 5.41) is 0. The first-order chi connectivity index (χ1) is 16.0. The molecule has 168 valence electrons. The minimum absolute atomic E-state index is 0.0335. The average molecular weight is 446 g/mol. The Labute approximate surface area is 189 Å². The van der Waals surface area contributed by atoms with Crippen LogP contribution in [0.2, 0.25) is 0 Å². The molecule has 1 aromatic carbocycles. The molecule has 2 aliphatic rings. The average Bonchev–Trinajstić information content (AvgIpc) is 3.16. The first kappa shape index (κ1) is 20.0. The molecule has 8 nitrogen and oxygen atoms in total. The Morgan fingerprint density at radius 2 is 2.15 bits per heavy atom. The van der Waals surface area contributed by atoms with Gasteiger partial charge in [-0.2, -0.15) is 4.39 Å². The van der Waals surface area contributed by atoms with Gasteiger partial charge in [-0.3, -0.25) is 4.79 Å². The van der Waals surface area contributed by atoms with Crippen LogP contribution >= 0.6 is 0 Å². The third-order valence-corrected chi connectivity index (χ3v) is 6.54. The highest BCUT2D eigenvalue weighted by atomic mass is 19.1. The Morgan fingerprint density at radius 1 is 1.27 bits per heavy atom. The fraction of sp³-hybridized carbons (Fsp3) is 0.333. The summed E-state index contributed by atoms with van der Waals surface area (Å²) in [5.74, 6) is 0.837. The summed E-state index contributed by atoms with van der Waals surface area (Å²) in [7, 11) is 0. The summed E-state index contributed by atoms with van der Waals surface area (Å²) >= 11 is 0. The molecule has 33 heavy (non-hydrogen) atoms. The molecule has 0 saturated carbocycles. The van der Waals surface area contributed by atoms with E-state index in [4.69, 9.17) is 9.72 Å². The second-order valence-electron chi connectivity index (χ2n) is 8.68. The number of nitrogens with zero attached hydrogens (tertiary/aromatic N) is 6. The van der Waals surface area contributed by atoms with E-state index in [9.17, 15) is 9.18 Å². The number of rotatable bonds is 6. The van der Waals surface area contributed by atoms with Crippen LogP contribution in [0.4, 0.5) is 4.39 Å². The van der Waals surface area contributed by atoms with E-state index >= 15 is 0 Å². The van der Waals surface area contributed by atoms with E-state index < -0.39 is 11.7 Å². The van der Waals surface area contributed by atoms with Crippen molar-refractivity contribution in [2.45, 2.75) is 45.2 Å². The van der Waals surface area contributed by atoms with Crippen LogP contribution in [-0.4, -0.2) is 53.3 Å². The molecule has 0 aliphatic carbocycles. The monoisotopic (exact) mass is 446 g/mol. The quantitative estimate of drug-likeness (QED) is 0.335. The first-order valence-corrected chi connectivity index (χ1v) is 11.1. The van der Waals surface area contributed by atoms with Gasteiger partial charge in [0, 0.05) is 24.5 Å². The third-order valence-electron chi connectivity index (χ3n) is 6.54. The van der Waals surface area contributed by atoms with Gasteiger partial charge in [0.25, 0.3) is 5.91 Å². The number of benzene rings is 1. The maximum Gasteiger partial charge on any atom is 0.256 e. The lowest BCUT2D eigenvalue weighted by molar-refractivity contribution is 0.0450. The molecule has 1 unspecified atom stereocenters. The molecule has 4 aromatic rings. The number of hydrogen-bond acceptors (Lipinski definition) is 5. The summed E-state index contributed by atoms with van der Waals surface area (Å²) < 4.78 is 23.3. The van der Waals surface area contributed by atoms with Crippen molar-refractivity contribution in [3.63, 3.8) is 0 Å². The number of carbonyl (C=O) groups excluding carboxylic acids is 1. The van der Waals surface area contributed by atoms with Gasteiger partial charge in [-0.1, -0.05) is 13.0 Å². The molecule has 3 aromatic heterocycles. The number of aromatic nitrogens is 5. The van der Waals surface area contributed by atoms with Crippen molar-refractivity contribution in [3.05, 3.63) is 66.1 Å². The van der Waals surface area contributed by atoms with Gasteiger partial charge in [-0.15, -0.1) is 0 Å². The molecule has 2 fully saturated rings. The van der Waals surface area contributed by atoms with E-state index in [0.717, 1.165) is 29.8 Å². The van der Waals surface area contributed by atoms with Crippen LogP contribution in [0.15, 0.2) is 48.8 Å². The molecule has 6 rings (SSSR count). The standard InChI is InChI=1S/C24H23FN6O2/c1-3-10-30-18-8-7-15(23(32)31-13-19-24(31,2)33-19)12-17(18)28-21(30)14-29-11-9-26-22(29)16-5-4-6-20(25)27-16/h4-9,11-12,19H,3,10,13-14H2,1-2H3/t19?,24-/m0/s1. The van der Waals surface area contributed by atoms with Crippen LogP contribution in [-0.2, 0) is 17.8 Å². The number of imidazole rings is 2. The number of aryl methyl sites for hydroxylation is 1. The van der Waals surface area contributed by atoms with Crippen molar-refractivity contribution in [2.24, 2.45) is 0 Å². The minimum atomic E-state index is -0.545. The van der Waals surface area contributed by atoms with E-state index in [1.807, 2.05) is 35.9 Å². The zero-order chi connectivity index (χ0) is 22.7. The Kier molecular flexibility index (Phi) is 4.38. The van der Waals surface area contributed by atoms with Crippen molar-refractivity contribution in [1.82, 2.24) is 29.0 Å². The zero-order valence-corrected chi connectivity index (χ0v) is 18.4. The van der Waals surface area contributed by atoms with Crippen molar-refractivity contribution in [3.8, 4) is 11.5 Å². The van der Waals surface area contributed by atoms with E-state index in [-0.39, 0.29) is 12.0 Å². The minimum Gasteiger partial charge on any atom is -0.343 e. The maximum atomic E-state index is 13.7. The summed E-state index contributed by atoms with van der Waals surface area (Å²) in [6.45, 7) is 5.94. The van der Waals surface area contributed by atoms with Gasteiger partial charge >= 0.3 is 0 Å². The Morgan fingerprint density at radius 3 is 2.88 bits per heavy atom. The van der Waals surface area contributed by atoms with Crippen molar-refractivity contribution in [2.75, 3.05) is 6.54 Å². The Hall–Kier alpha value is -3.59. The van der Waals surface area contributed by atoms with Gasteiger partial charge in [-0.05, 0) is 43.7 Å². The number of likely N-dealkylation sites (tertiary alicyclic amines) is 1. The lowest BCUT2D eigenvalue weighted by Crippen LogP contribution is -2.54. The predicted molar refractivity (Wildman–Crippen MR) is 119 cm³/mol.